The van der Waals surface area contributed by atoms with Gasteiger partial charge in [-0.05, 0) is 26.0 Å². The molecule has 0 fully saturated rings. The predicted octanol–water partition coefficient (Wildman–Crippen LogP) is 2.44. The van der Waals surface area contributed by atoms with Crippen LogP contribution in [-0.2, 0) is 4.74 Å². The van der Waals surface area contributed by atoms with E-state index in [1.807, 2.05) is 13.8 Å². The monoisotopic (exact) mass is 254 g/mol. The topological polar surface area (TPSA) is 73.6 Å². The van der Waals surface area contributed by atoms with E-state index in [-0.39, 0.29) is 17.5 Å². The largest absolute Gasteiger partial charge is 0.484 e. The number of anilines is 1. The molecule has 0 aliphatic rings. The summed E-state index contributed by atoms with van der Waals surface area (Å²) < 4.78 is 10.3. The summed E-state index contributed by atoms with van der Waals surface area (Å²) in [4.78, 5) is 10.7. The fourth-order valence-corrected chi connectivity index (χ4v) is 1.49. The van der Waals surface area contributed by atoms with Gasteiger partial charge in [-0.3, -0.25) is 10.1 Å². The van der Waals surface area contributed by atoms with Crippen molar-refractivity contribution in [3.8, 4) is 5.75 Å². The molecule has 0 spiro atoms. The second kappa shape index (κ2) is 6.80. The minimum absolute atomic E-state index is 0.0395. The molecule has 1 N–H and O–H groups in total. The quantitative estimate of drug-likeness (QED) is 0.459. The van der Waals surface area contributed by atoms with Crippen molar-refractivity contribution >= 4 is 11.4 Å². The van der Waals surface area contributed by atoms with E-state index >= 15 is 0 Å². The zero-order valence-electron chi connectivity index (χ0n) is 10.8. The van der Waals surface area contributed by atoms with Gasteiger partial charge in [-0.1, -0.05) is 6.07 Å². The molecule has 0 heterocycles. The summed E-state index contributed by atoms with van der Waals surface area (Å²) >= 11 is 0. The molecule has 0 aromatic heterocycles. The molecule has 0 atom stereocenters. The summed E-state index contributed by atoms with van der Waals surface area (Å²) in [5.41, 5.74) is 0.400. The van der Waals surface area contributed by atoms with Crippen molar-refractivity contribution in [2.75, 3.05) is 25.6 Å². The number of nitro groups is 1. The highest BCUT2D eigenvalue weighted by Crippen LogP contribution is 2.35. The van der Waals surface area contributed by atoms with Crippen LogP contribution in [0.3, 0.4) is 0 Å². The molecule has 1 aromatic rings. The summed E-state index contributed by atoms with van der Waals surface area (Å²) in [6, 6.07) is 4.97. The van der Waals surface area contributed by atoms with E-state index in [1.165, 1.54) is 0 Å². The van der Waals surface area contributed by atoms with Crippen LogP contribution >= 0.6 is 0 Å². The Bertz CT molecular complexity index is 407. The van der Waals surface area contributed by atoms with Gasteiger partial charge in [-0.2, -0.15) is 0 Å². The number of hydrogen-bond donors (Lipinski definition) is 1. The van der Waals surface area contributed by atoms with Gasteiger partial charge in [-0.15, -0.1) is 0 Å². The molecule has 1 aromatic carbocycles. The summed E-state index contributed by atoms with van der Waals surface area (Å²) in [6.07, 6.45) is -0.113. The first-order valence-electron chi connectivity index (χ1n) is 5.73. The second-order valence-corrected chi connectivity index (χ2v) is 4.00. The molecule has 100 valence electrons. The normalized spacial score (nSPS) is 10.4. The standard InChI is InChI=1S/C12H18N2O4/c1-9(2)18-11-6-4-5-10(12(11)14(15)16)13-7-8-17-3/h4-6,9,13H,7-8H2,1-3H3. The Balaban J connectivity index is 2.98. The van der Waals surface area contributed by atoms with Gasteiger partial charge in [0.2, 0.25) is 0 Å². The Morgan fingerprint density at radius 3 is 2.72 bits per heavy atom. The Morgan fingerprint density at radius 1 is 1.44 bits per heavy atom. The van der Waals surface area contributed by atoms with Gasteiger partial charge in [0, 0.05) is 13.7 Å². The van der Waals surface area contributed by atoms with E-state index in [1.54, 1.807) is 25.3 Å². The molecule has 0 aliphatic carbocycles. The van der Waals surface area contributed by atoms with Crippen LogP contribution < -0.4 is 10.1 Å². The van der Waals surface area contributed by atoms with Gasteiger partial charge in [0.15, 0.2) is 5.75 Å². The van der Waals surface area contributed by atoms with Gasteiger partial charge < -0.3 is 14.8 Å². The molecular weight excluding hydrogens is 236 g/mol. The van der Waals surface area contributed by atoms with Gasteiger partial charge in [0.05, 0.1) is 17.6 Å². The first-order chi connectivity index (χ1) is 8.56. The van der Waals surface area contributed by atoms with Crippen molar-refractivity contribution in [3.63, 3.8) is 0 Å². The van der Waals surface area contributed by atoms with Crippen molar-refractivity contribution in [1.29, 1.82) is 0 Å². The van der Waals surface area contributed by atoms with E-state index in [0.717, 1.165) is 0 Å². The smallest absolute Gasteiger partial charge is 0.333 e. The van der Waals surface area contributed by atoms with Gasteiger partial charge in [0.25, 0.3) is 0 Å². The van der Waals surface area contributed by atoms with E-state index < -0.39 is 4.92 Å². The van der Waals surface area contributed by atoms with Crippen LogP contribution in [0, 0.1) is 10.1 Å². The number of methoxy groups -OCH3 is 1. The Morgan fingerprint density at radius 2 is 2.17 bits per heavy atom. The Hall–Kier alpha value is -1.82. The minimum Gasteiger partial charge on any atom is -0.484 e. The lowest BCUT2D eigenvalue weighted by molar-refractivity contribution is -0.385. The predicted molar refractivity (Wildman–Crippen MR) is 69.2 cm³/mol. The van der Waals surface area contributed by atoms with Gasteiger partial charge >= 0.3 is 5.69 Å². The van der Waals surface area contributed by atoms with Crippen molar-refractivity contribution in [1.82, 2.24) is 0 Å². The molecule has 0 aliphatic heterocycles. The van der Waals surface area contributed by atoms with Crippen LogP contribution in [0.5, 0.6) is 5.75 Å². The molecule has 0 unspecified atom stereocenters. The molecule has 1 rings (SSSR count). The molecule has 0 amide bonds. The summed E-state index contributed by atoms with van der Waals surface area (Å²) in [7, 11) is 1.58. The molecule has 0 radical (unpaired) electrons. The van der Waals surface area contributed by atoms with Crippen molar-refractivity contribution in [3.05, 3.63) is 28.3 Å². The number of nitro benzene ring substituents is 1. The zero-order valence-corrected chi connectivity index (χ0v) is 10.8. The fraction of sp³-hybridized carbons (Fsp3) is 0.500. The van der Waals surface area contributed by atoms with Gasteiger partial charge in [-0.25, -0.2) is 0 Å². The van der Waals surface area contributed by atoms with E-state index in [2.05, 4.69) is 5.32 Å². The van der Waals surface area contributed by atoms with Crippen molar-refractivity contribution in [2.24, 2.45) is 0 Å². The first kappa shape index (κ1) is 14.2. The lowest BCUT2D eigenvalue weighted by Gasteiger charge is -2.13. The third-order valence-electron chi connectivity index (χ3n) is 2.17. The Kier molecular flexibility index (Phi) is 5.38. The number of nitrogens with one attached hydrogen (secondary N) is 1. The summed E-state index contributed by atoms with van der Waals surface area (Å²) in [6.45, 7) is 4.64. The number of benzene rings is 1. The number of nitrogens with zero attached hydrogens (tertiary/aromatic N) is 1. The van der Waals surface area contributed by atoms with Crippen molar-refractivity contribution < 1.29 is 14.4 Å². The molecule has 0 bridgehead atoms. The highest BCUT2D eigenvalue weighted by molar-refractivity contribution is 5.68. The van der Waals surface area contributed by atoms with Crippen molar-refractivity contribution in [2.45, 2.75) is 20.0 Å². The molecule has 6 nitrogen and oxygen atoms in total. The number of para-hydroxylation sites is 1. The first-order valence-corrected chi connectivity index (χ1v) is 5.73. The summed E-state index contributed by atoms with van der Waals surface area (Å²) in [5.74, 6) is 0.275. The third-order valence-corrected chi connectivity index (χ3v) is 2.17. The van der Waals surface area contributed by atoms with Crippen LogP contribution in [0.4, 0.5) is 11.4 Å². The number of hydrogen-bond acceptors (Lipinski definition) is 5. The zero-order chi connectivity index (χ0) is 13.5. The maximum Gasteiger partial charge on any atom is 0.333 e. The van der Waals surface area contributed by atoms with E-state index in [9.17, 15) is 10.1 Å². The summed E-state index contributed by atoms with van der Waals surface area (Å²) in [5, 5.41) is 14.1. The van der Waals surface area contributed by atoms with Crippen LogP contribution in [-0.4, -0.2) is 31.3 Å². The van der Waals surface area contributed by atoms with Gasteiger partial charge in [0.1, 0.15) is 5.69 Å². The highest BCUT2D eigenvalue weighted by Gasteiger charge is 2.21. The number of ether oxygens (including phenoxy) is 2. The average molecular weight is 254 g/mol. The van der Waals surface area contributed by atoms with Crippen LogP contribution in [0.25, 0.3) is 0 Å². The maximum absolute atomic E-state index is 11.1. The van der Waals surface area contributed by atoms with Crippen LogP contribution in [0.1, 0.15) is 13.8 Å². The molecular formula is C12H18N2O4. The van der Waals surface area contributed by atoms with E-state index in [4.69, 9.17) is 9.47 Å². The molecule has 6 heteroatoms. The third kappa shape index (κ3) is 3.89. The lowest BCUT2D eigenvalue weighted by Crippen LogP contribution is -2.11. The van der Waals surface area contributed by atoms with Crippen LogP contribution in [0.2, 0.25) is 0 Å². The molecule has 0 saturated carbocycles. The Labute approximate surface area is 106 Å². The molecule has 0 saturated heterocycles. The van der Waals surface area contributed by atoms with E-state index in [0.29, 0.717) is 18.8 Å². The SMILES string of the molecule is COCCNc1cccc(OC(C)C)c1[N+](=O)[O-]. The maximum atomic E-state index is 11.1. The lowest BCUT2D eigenvalue weighted by atomic mass is 10.2. The minimum atomic E-state index is -0.438. The highest BCUT2D eigenvalue weighted by atomic mass is 16.6. The molecule has 18 heavy (non-hydrogen) atoms. The average Bonchev–Trinajstić information content (AvgIpc) is 2.28. The fourth-order valence-electron chi connectivity index (χ4n) is 1.49. The van der Waals surface area contributed by atoms with Crippen LogP contribution in [0.15, 0.2) is 18.2 Å². The number of rotatable bonds is 7. The second-order valence-electron chi connectivity index (χ2n) is 4.00.